The quantitative estimate of drug-likeness (QED) is 0.407. The molecule has 0 amide bonds. The first-order valence-corrected chi connectivity index (χ1v) is 8.92. The molecule has 1 aliphatic heterocycles. The van der Waals surface area contributed by atoms with Crippen molar-refractivity contribution in [3.63, 3.8) is 0 Å². The molecule has 0 bridgehead atoms. The minimum Gasteiger partial charge on any atom is -0.503 e. The van der Waals surface area contributed by atoms with Crippen LogP contribution in [-0.4, -0.2) is 29.2 Å². The maximum atomic E-state index is 5.48. The zero-order chi connectivity index (χ0) is 5.11. The van der Waals surface area contributed by atoms with E-state index >= 15 is 0 Å². The Balaban J connectivity index is 2.12. The standard InChI is InChI=1S/C4H8O.Al.H3Si/c1-2-3-4-5;;/h1-4H2;;1H3/q-1;+1;. The van der Waals surface area contributed by atoms with Crippen LogP contribution in [0.3, 0.4) is 0 Å². The number of rotatable bonds is 0. The lowest BCUT2D eigenvalue weighted by Gasteiger charge is -2.13. The summed E-state index contributed by atoms with van der Waals surface area (Å²) in [5.41, 5.74) is 0. The van der Waals surface area contributed by atoms with Crippen LogP contribution in [0.5, 0.6) is 0 Å². The SMILES string of the molecule is [SiH3][Al]1[CH2]CCC[O]1. The summed E-state index contributed by atoms with van der Waals surface area (Å²) in [6.07, 6.45) is 2.78. The number of hydrogen-bond acceptors (Lipinski definition) is 1. The lowest BCUT2D eigenvalue weighted by atomic mass is 10.4. The molecule has 1 nitrogen and oxygen atoms in total. The minimum atomic E-state index is -0.456. The molecular weight excluding hydrogens is 119 g/mol. The van der Waals surface area contributed by atoms with Crippen molar-refractivity contribution < 1.29 is 3.79 Å². The second kappa shape index (κ2) is 2.88. The Morgan fingerprint density at radius 2 is 2.29 bits per heavy atom. The van der Waals surface area contributed by atoms with Gasteiger partial charge in [0.15, 0.2) is 0 Å². The van der Waals surface area contributed by atoms with Crippen LogP contribution in [0.4, 0.5) is 0 Å². The number of hydrogen-bond donors (Lipinski definition) is 0. The molecule has 1 heterocycles. The first-order chi connectivity index (χ1) is 3.39. The summed E-state index contributed by atoms with van der Waals surface area (Å²) in [5, 5.41) is 1.46. The Labute approximate surface area is 51.6 Å². The highest BCUT2D eigenvalue weighted by Crippen LogP contribution is 2.06. The van der Waals surface area contributed by atoms with Gasteiger partial charge >= 0.3 is 13.8 Å². The van der Waals surface area contributed by atoms with Gasteiger partial charge in [-0.1, -0.05) is 11.7 Å². The molecule has 1 aliphatic rings. The van der Waals surface area contributed by atoms with E-state index in [1.54, 1.807) is 0 Å². The summed E-state index contributed by atoms with van der Waals surface area (Å²) in [6.45, 7) is 1.08. The average Bonchev–Trinajstić information content (AvgIpc) is 1.69. The van der Waals surface area contributed by atoms with Crippen molar-refractivity contribution >= 4 is 22.6 Å². The summed E-state index contributed by atoms with van der Waals surface area (Å²) < 4.78 is 5.48. The molecule has 1 fully saturated rings. The zero-order valence-corrected chi connectivity index (χ0v) is 7.97. The fraction of sp³-hybridized carbons (Fsp3) is 1.00. The fourth-order valence-corrected chi connectivity index (χ4v) is 4.43. The predicted molar refractivity (Wildman–Crippen MR) is 35.7 cm³/mol. The summed E-state index contributed by atoms with van der Waals surface area (Å²) in [7, 11) is 1.37. The molecule has 0 aliphatic carbocycles. The molecule has 0 atom stereocenters. The highest BCUT2D eigenvalue weighted by molar-refractivity contribution is 6.99. The summed E-state index contributed by atoms with van der Waals surface area (Å²) in [5.74, 6) is 0. The van der Waals surface area contributed by atoms with Crippen LogP contribution in [0.25, 0.3) is 0 Å². The second-order valence-corrected chi connectivity index (χ2v) is 8.57. The van der Waals surface area contributed by atoms with E-state index in [0.717, 1.165) is 6.61 Å². The Morgan fingerprint density at radius 1 is 1.43 bits per heavy atom. The van der Waals surface area contributed by atoms with E-state index in [-0.39, 0.29) is 0 Å². The maximum Gasteiger partial charge on any atom is 0.430 e. The highest BCUT2D eigenvalue weighted by Gasteiger charge is 2.14. The van der Waals surface area contributed by atoms with Gasteiger partial charge in [-0.05, 0) is 15.2 Å². The van der Waals surface area contributed by atoms with Gasteiger partial charge in [0.25, 0.3) is 0 Å². The minimum absolute atomic E-state index is 0.456. The van der Waals surface area contributed by atoms with Gasteiger partial charge in [0.1, 0.15) is 0 Å². The highest BCUT2D eigenvalue weighted by atomic mass is 28.7. The molecule has 0 aromatic carbocycles. The van der Waals surface area contributed by atoms with Crippen LogP contribution in [0.1, 0.15) is 12.8 Å². The van der Waals surface area contributed by atoms with Gasteiger partial charge in [-0.3, -0.25) is 0 Å². The van der Waals surface area contributed by atoms with Crippen LogP contribution in [0.15, 0.2) is 0 Å². The molecular formula is C4H11AlOSi. The van der Waals surface area contributed by atoms with E-state index in [1.165, 1.54) is 26.9 Å². The van der Waals surface area contributed by atoms with Gasteiger partial charge in [0, 0.05) is 6.61 Å². The lowest BCUT2D eigenvalue weighted by molar-refractivity contribution is 0.298. The maximum absolute atomic E-state index is 5.48. The van der Waals surface area contributed by atoms with Crippen LogP contribution >= 0.6 is 0 Å². The van der Waals surface area contributed by atoms with Crippen molar-refractivity contribution in [2.24, 2.45) is 0 Å². The third-order valence-electron chi connectivity index (χ3n) is 1.41. The van der Waals surface area contributed by atoms with Gasteiger partial charge in [0.05, 0.1) is 0 Å². The van der Waals surface area contributed by atoms with Gasteiger partial charge < -0.3 is 3.79 Å². The third-order valence-corrected chi connectivity index (χ3v) is 6.17. The van der Waals surface area contributed by atoms with Crippen molar-refractivity contribution in [1.82, 2.24) is 0 Å². The molecule has 0 unspecified atom stereocenters. The monoisotopic (exact) mass is 130 g/mol. The zero-order valence-electron chi connectivity index (χ0n) is 4.81. The van der Waals surface area contributed by atoms with Crippen LogP contribution in [-0.2, 0) is 3.79 Å². The molecule has 1 saturated heterocycles. The van der Waals surface area contributed by atoms with Gasteiger partial charge in [-0.2, -0.15) is 0 Å². The molecule has 0 saturated carbocycles. The van der Waals surface area contributed by atoms with Crippen LogP contribution in [0.2, 0.25) is 5.28 Å². The Kier molecular flexibility index (Phi) is 2.41. The molecule has 1 rings (SSSR count). The van der Waals surface area contributed by atoms with E-state index in [1.807, 2.05) is 0 Å². The van der Waals surface area contributed by atoms with E-state index in [2.05, 4.69) is 0 Å². The second-order valence-electron chi connectivity index (χ2n) is 2.18. The smallest absolute Gasteiger partial charge is 0.430 e. The Bertz CT molecular complexity index is 53.7. The van der Waals surface area contributed by atoms with E-state index in [4.69, 9.17) is 3.79 Å². The van der Waals surface area contributed by atoms with E-state index in [0.29, 0.717) is 0 Å². The molecule has 3 heteroatoms. The largest absolute Gasteiger partial charge is 0.503 e. The Hall–Kier alpha value is 0.709. The summed E-state index contributed by atoms with van der Waals surface area (Å²) in [6, 6.07) is 0. The first-order valence-electron chi connectivity index (χ1n) is 3.01. The summed E-state index contributed by atoms with van der Waals surface area (Å²) >= 11 is -0.456. The third kappa shape index (κ3) is 1.96. The molecule has 0 aromatic heterocycles. The van der Waals surface area contributed by atoms with Crippen molar-refractivity contribution in [3.05, 3.63) is 0 Å². The molecule has 40 valence electrons. The van der Waals surface area contributed by atoms with Gasteiger partial charge in [0.2, 0.25) is 0 Å². The van der Waals surface area contributed by atoms with Crippen molar-refractivity contribution in [3.8, 4) is 0 Å². The van der Waals surface area contributed by atoms with Crippen molar-refractivity contribution in [2.75, 3.05) is 6.61 Å². The Morgan fingerprint density at radius 3 is 2.57 bits per heavy atom. The van der Waals surface area contributed by atoms with Crippen molar-refractivity contribution in [1.29, 1.82) is 0 Å². The van der Waals surface area contributed by atoms with Gasteiger partial charge in [-0.15, -0.1) is 0 Å². The topological polar surface area (TPSA) is 9.23 Å². The lowest BCUT2D eigenvalue weighted by Crippen LogP contribution is -2.23. The molecule has 7 heavy (non-hydrogen) atoms. The van der Waals surface area contributed by atoms with Crippen molar-refractivity contribution in [2.45, 2.75) is 18.1 Å². The fourth-order valence-electron chi connectivity index (χ4n) is 0.902. The predicted octanol–water partition coefficient (Wildman–Crippen LogP) is -0.350. The first kappa shape index (κ1) is 5.84. The molecule has 0 spiro atoms. The van der Waals surface area contributed by atoms with E-state index < -0.39 is 13.8 Å². The van der Waals surface area contributed by atoms with Gasteiger partial charge in [-0.25, -0.2) is 0 Å². The molecule has 0 radical (unpaired) electrons. The molecule has 0 aromatic rings. The van der Waals surface area contributed by atoms with E-state index in [9.17, 15) is 0 Å². The van der Waals surface area contributed by atoms with Crippen LogP contribution in [0, 0.1) is 0 Å². The molecule has 0 N–H and O–H groups in total. The normalized spacial score (nSPS) is 23.1. The summed E-state index contributed by atoms with van der Waals surface area (Å²) in [4.78, 5) is 0. The van der Waals surface area contributed by atoms with Crippen LogP contribution < -0.4 is 0 Å². The average molecular weight is 130 g/mol.